The molecule has 4 aliphatic rings. The lowest BCUT2D eigenvalue weighted by molar-refractivity contribution is -0.875. The number of thioether (sulfide) groups is 1. The lowest BCUT2D eigenvalue weighted by Crippen LogP contribution is -2.50. The molecule has 6 rings (SSSR count). The zero-order chi connectivity index (χ0) is 25.6. The second kappa shape index (κ2) is 9.77. The number of fused-ring (bicyclic) bond motifs is 2. The number of aromatic nitrogens is 3. The minimum atomic E-state index is -0.581. The average Bonchev–Trinajstić information content (AvgIpc) is 3.35. The lowest BCUT2D eigenvalue weighted by atomic mass is 9.89. The maximum Gasteiger partial charge on any atom is 0.333 e. The van der Waals surface area contributed by atoms with E-state index in [4.69, 9.17) is 5.10 Å². The topological polar surface area (TPSA) is 102 Å². The minimum absolute atomic E-state index is 0.0413. The summed E-state index contributed by atoms with van der Waals surface area (Å²) in [5, 5.41) is 14.4. The molecule has 2 aromatic rings. The van der Waals surface area contributed by atoms with Crippen LogP contribution in [0.2, 0.25) is 0 Å². The van der Waals surface area contributed by atoms with Crippen LogP contribution in [-0.2, 0) is 0 Å². The molecular weight excluding hydrogens is 495 g/mol. The van der Waals surface area contributed by atoms with E-state index in [1.54, 1.807) is 17.0 Å². The first-order valence-corrected chi connectivity index (χ1v) is 14.1. The Morgan fingerprint density at radius 3 is 2.59 bits per heavy atom. The van der Waals surface area contributed by atoms with Gasteiger partial charge in [-0.15, -0.1) is 4.59 Å². The summed E-state index contributed by atoms with van der Waals surface area (Å²) in [7, 11) is 0. The second-order valence-electron chi connectivity index (χ2n) is 10.1. The van der Waals surface area contributed by atoms with E-state index in [9.17, 15) is 19.1 Å². The van der Waals surface area contributed by atoms with Gasteiger partial charge in [0.2, 0.25) is 0 Å². The first-order chi connectivity index (χ1) is 18.0. The van der Waals surface area contributed by atoms with E-state index in [-0.39, 0.29) is 46.0 Å². The van der Waals surface area contributed by atoms with Crippen LogP contribution >= 0.6 is 11.8 Å². The number of halogens is 1. The molecule has 1 aliphatic carbocycles. The van der Waals surface area contributed by atoms with Gasteiger partial charge in [0, 0.05) is 55.8 Å². The van der Waals surface area contributed by atoms with Crippen molar-refractivity contribution in [2.24, 2.45) is 10.1 Å². The summed E-state index contributed by atoms with van der Waals surface area (Å²) in [4.78, 5) is 36.2. The van der Waals surface area contributed by atoms with Gasteiger partial charge < -0.3 is 5.11 Å². The van der Waals surface area contributed by atoms with Crippen LogP contribution in [-0.4, -0.2) is 60.4 Å². The number of hydrogen-bond donors (Lipinski definition) is 1. The van der Waals surface area contributed by atoms with Crippen LogP contribution in [0.25, 0.3) is 11.0 Å². The number of rotatable bonds is 5. The number of aliphatic hydroxyl groups excluding tert-OH is 1. The van der Waals surface area contributed by atoms with Gasteiger partial charge in [-0.25, -0.2) is 19.2 Å². The minimum Gasteiger partial charge on any atom is -0.396 e. The molecule has 37 heavy (non-hydrogen) atoms. The number of quaternary nitrogens is 1. The smallest absolute Gasteiger partial charge is 0.333 e. The number of pyridine rings is 1. The molecule has 11 heteroatoms. The van der Waals surface area contributed by atoms with Crippen LogP contribution in [0.4, 0.5) is 4.39 Å². The van der Waals surface area contributed by atoms with Crippen LogP contribution in [0.15, 0.2) is 55.6 Å². The molecule has 2 aromatic heterocycles. The predicted molar refractivity (Wildman–Crippen MR) is 142 cm³/mol. The third-order valence-electron chi connectivity index (χ3n) is 8.04. The Kier molecular flexibility index (Phi) is 6.46. The molecule has 1 unspecified atom stereocenters. The summed E-state index contributed by atoms with van der Waals surface area (Å²) in [6, 6.07) is 0.997. The molecule has 1 N–H and O–H groups in total. The number of allylic oxidation sites excluding steroid dienone is 1. The van der Waals surface area contributed by atoms with Crippen molar-refractivity contribution in [1.82, 2.24) is 14.1 Å². The first-order valence-electron chi connectivity index (χ1n) is 12.9. The predicted octanol–water partition coefficient (Wildman–Crippen LogP) is 3.26. The number of aliphatic imine (C=N–C) groups is 1. The molecule has 0 bridgehead atoms. The highest BCUT2D eigenvalue weighted by Crippen LogP contribution is 2.41. The van der Waals surface area contributed by atoms with Gasteiger partial charge in [0.05, 0.1) is 17.8 Å². The highest BCUT2D eigenvalue weighted by molar-refractivity contribution is 7.99. The molecule has 2 fully saturated rings. The summed E-state index contributed by atoms with van der Waals surface area (Å²) in [6.45, 7) is 0.0413. The van der Waals surface area contributed by atoms with Gasteiger partial charge in [-0.05, 0) is 43.3 Å². The van der Waals surface area contributed by atoms with Crippen LogP contribution in [0.1, 0.15) is 57.0 Å². The third kappa shape index (κ3) is 4.13. The first kappa shape index (κ1) is 24.4. The molecule has 5 heterocycles. The highest BCUT2D eigenvalue weighted by atomic mass is 32.2. The van der Waals surface area contributed by atoms with Gasteiger partial charge in [-0.1, -0.05) is 5.10 Å². The van der Waals surface area contributed by atoms with Crippen molar-refractivity contribution in [2.75, 3.05) is 18.1 Å². The fourth-order valence-electron chi connectivity index (χ4n) is 6.21. The Labute approximate surface area is 217 Å². The monoisotopic (exact) mass is 525 g/mol. The van der Waals surface area contributed by atoms with Gasteiger partial charge in [0.1, 0.15) is 23.7 Å². The van der Waals surface area contributed by atoms with Gasteiger partial charge in [-0.3, -0.25) is 13.9 Å². The normalized spacial score (nSPS) is 27.8. The van der Waals surface area contributed by atoms with E-state index >= 15 is 0 Å². The molecular formula is C26H30FN6O3S+. The van der Waals surface area contributed by atoms with E-state index in [0.717, 1.165) is 54.8 Å². The Balaban J connectivity index is 1.35. The zero-order valence-corrected chi connectivity index (χ0v) is 21.3. The van der Waals surface area contributed by atoms with Gasteiger partial charge in [0.15, 0.2) is 0 Å². The Bertz CT molecular complexity index is 1460. The van der Waals surface area contributed by atoms with Crippen LogP contribution < -0.4 is 11.2 Å². The lowest BCUT2D eigenvalue weighted by Gasteiger charge is -2.39. The van der Waals surface area contributed by atoms with Crippen molar-refractivity contribution < 1.29 is 14.1 Å². The van der Waals surface area contributed by atoms with E-state index in [0.29, 0.717) is 19.3 Å². The number of aliphatic hydroxyl groups is 1. The van der Waals surface area contributed by atoms with Crippen molar-refractivity contribution in [2.45, 2.75) is 63.1 Å². The quantitative estimate of drug-likeness (QED) is 0.604. The number of hydrogen-bond acceptors (Lipinski definition) is 7. The summed E-state index contributed by atoms with van der Waals surface area (Å²) >= 11 is 1.86. The van der Waals surface area contributed by atoms with E-state index in [2.05, 4.69) is 16.2 Å². The zero-order valence-electron chi connectivity index (χ0n) is 20.5. The molecule has 0 aromatic carbocycles. The fraction of sp³-hybridized carbons (Fsp3) is 0.500. The van der Waals surface area contributed by atoms with Crippen LogP contribution in [0.5, 0.6) is 0 Å². The van der Waals surface area contributed by atoms with Crippen molar-refractivity contribution in [3.05, 3.63) is 62.6 Å². The Morgan fingerprint density at radius 2 is 1.84 bits per heavy atom. The van der Waals surface area contributed by atoms with Crippen molar-refractivity contribution in [3.8, 4) is 0 Å². The molecule has 194 valence electrons. The second-order valence-corrected chi connectivity index (χ2v) is 11.3. The maximum absolute atomic E-state index is 14.2. The summed E-state index contributed by atoms with van der Waals surface area (Å²) in [5.74, 6) is 2.14. The van der Waals surface area contributed by atoms with E-state index in [1.807, 2.05) is 17.8 Å². The number of nitrogens with zero attached hydrogens (tertiary/aromatic N) is 6. The standard InChI is InChI=1S/C26H30FN6O3S/c27-18-13-22-24(29-15-18)31(20-7-11-37-12-8-20)26(36)32(25(22)35)19-1-3-21(4-2-19)33-16-17(6-10-34)14-28-23(33)5-9-30-33/h5,9,13-16,19-21,34H,1-4,6-8,10-12H2/q+1. The van der Waals surface area contributed by atoms with Gasteiger partial charge in [0.25, 0.3) is 11.4 Å². The van der Waals surface area contributed by atoms with Crippen molar-refractivity contribution in [1.29, 1.82) is 0 Å². The van der Waals surface area contributed by atoms with Crippen LogP contribution in [0, 0.1) is 5.82 Å². The fourth-order valence-corrected chi connectivity index (χ4v) is 7.29. The van der Waals surface area contributed by atoms with Gasteiger partial charge >= 0.3 is 5.69 Å². The summed E-state index contributed by atoms with van der Waals surface area (Å²) < 4.78 is 17.5. The summed E-state index contributed by atoms with van der Waals surface area (Å²) in [6.07, 6.45) is 13.5. The largest absolute Gasteiger partial charge is 0.396 e. The highest BCUT2D eigenvalue weighted by Gasteiger charge is 2.46. The molecule has 0 amide bonds. The van der Waals surface area contributed by atoms with E-state index < -0.39 is 11.4 Å². The van der Waals surface area contributed by atoms with Crippen molar-refractivity contribution in [3.63, 3.8) is 0 Å². The Hall–Kier alpha value is -2.89. The van der Waals surface area contributed by atoms with Gasteiger partial charge in [-0.2, -0.15) is 11.8 Å². The summed E-state index contributed by atoms with van der Waals surface area (Å²) in [5.41, 5.74) is 0.424. The molecule has 1 atom stereocenters. The molecule has 0 radical (unpaired) electrons. The molecule has 1 saturated carbocycles. The molecule has 1 saturated heterocycles. The molecule has 3 aliphatic heterocycles. The Morgan fingerprint density at radius 1 is 1.08 bits per heavy atom. The van der Waals surface area contributed by atoms with Crippen molar-refractivity contribution >= 4 is 35.2 Å². The third-order valence-corrected chi connectivity index (χ3v) is 9.09. The maximum atomic E-state index is 14.2. The SMILES string of the molecule is O=c1c2cc(F)cnc2n(C2CCSCC2)c(=O)n1C1CCC([N+]23C=C(CCO)C=NC2=CC=N3)CC1. The average molecular weight is 526 g/mol. The van der Waals surface area contributed by atoms with E-state index in [1.165, 1.54) is 10.6 Å². The molecule has 0 spiro atoms. The molecule has 9 nitrogen and oxygen atoms in total. The van der Waals surface area contributed by atoms with Crippen LogP contribution in [0.3, 0.4) is 0 Å².